The highest BCUT2D eigenvalue weighted by atomic mass is 16.2. The molecule has 0 aromatic rings. The summed E-state index contributed by atoms with van der Waals surface area (Å²) in [4.78, 5) is 16.5. The normalized spacial score (nSPS) is 19.0. The second-order valence-electron chi connectivity index (χ2n) is 3.57. The van der Waals surface area contributed by atoms with E-state index < -0.39 is 0 Å². The molecule has 0 aromatic carbocycles. The van der Waals surface area contributed by atoms with Gasteiger partial charge < -0.3 is 5.73 Å². The van der Waals surface area contributed by atoms with Gasteiger partial charge in [-0.1, -0.05) is 0 Å². The molecule has 1 rings (SSSR count). The van der Waals surface area contributed by atoms with Gasteiger partial charge in [-0.3, -0.25) is 9.69 Å². The molecule has 62 valence electrons. The summed E-state index contributed by atoms with van der Waals surface area (Å²) in [5.74, 6) is 0.317. The Morgan fingerprint density at radius 2 is 2.09 bits per heavy atom. The van der Waals surface area contributed by atoms with Gasteiger partial charge in [-0.25, -0.2) is 4.99 Å². The predicted molar refractivity (Wildman–Crippen MR) is 43.1 cm³/mol. The van der Waals surface area contributed by atoms with Crippen LogP contribution >= 0.6 is 0 Å². The number of hydrogen-bond acceptors (Lipinski definition) is 3. The molecule has 0 spiro atoms. The molecule has 2 N–H and O–H groups in total. The van der Waals surface area contributed by atoms with Gasteiger partial charge >= 0.3 is 0 Å². The molecular formula is C7H13N3O. The SMILES string of the molecule is CC(C)(C)N1C(=O)CN=C1N. The summed E-state index contributed by atoms with van der Waals surface area (Å²) in [7, 11) is 0. The third-order valence-corrected chi connectivity index (χ3v) is 1.53. The fourth-order valence-corrected chi connectivity index (χ4v) is 1.14. The number of carbonyl (C=O) groups excluding carboxylic acids is 1. The fraction of sp³-hybridized carbons (Fsp3) is 0.714. The van der Waals surface area contributed by atoms with Crippen molar-refractivity contribution in [2.75, 3.05) is 6.54 Å². The zero-order valence-electron chi connectivity index (χ0n) is 7.09. The molecule has 1 aliphatic heterocycles. The van der Waals surface area contributed by atoms with Crippen molar-refractivity contribution in [3.63, 3.8) is 0 Å². The van der Waals surface area contributed by atoms with E-state index in [-0.39, 0.29) is 18.0 Å². The number of aliphatic imine (C=N–C) groups is 1. The van der Waals surface area contributed by atoms with Gasteiger partial charge in [0.15, 0.2) is 5.96 Å². The fourth-order valence-electron chi connectivity index (χ4n) is 1.14. The first-order valence-electron chi connectivity index (χ1n) is 3.56. The Balaban J connectivity index is 2.87. The van der Waals surface area contributed by atoms with Crippen LogP contribution in [0.2, 0.25) is 0 Å². The summed E-state index contributed by atoms with van der Waals surface area (Å²) in [6, 6.07) is 0. The Morgan fingerprint density at radius 3 is 2.27 bits per heavy atom. The molecule has 0 aromatic heterocycles. The predicted octanol–water partition coefficient (Wildman–Crippen LogP) is -0.0582. The minimum atomic E-state index is -0.249. The Morgan fingerprint density at radius 1 is 1.55 bits per heavy atom. The first kappa shape index (κ1) is 8.04. The minimum absolute atomic E-state index is 0.0185. The molecule has 4 nitrogen and oxygen atoms in total. The summed E-state index contributed by atoms with van der Waals surface area (Å²) in [6.45, 7) is 5.99. The van der Waals surface area contributed by atoms with Crippen molar-refractivity contribution in [1.82, 2.24) is 4.90 Å². The van der Waals surface area contributed by atoms with Gasteiger partial charge in [0.2, 0.25) is 0 Å². The lowest BCUT2D eigenvalue weighted by atomic mass is 10.1. The zero-order chi connectivity index (χ0) is 8.65. The Labute approximate surface area is 66.1 Å². The van der Waals surface area contributed by atoms with E-state index in [0.717, 1.165) is 0 Å². The highest BCUT2D eigenvalue weighted by molar-refractivity contribution is 6.02. The second kappa shape index (κ2) is 2.22. The zero-order valence-corrected chi connectivity index (χ0v) is 7.09. The summed E-state index contributed by atoms with van der Waals surface area (Å²) >= 11 is 0. The van der Waals surface area contributed by atoms with Gasteiger partial charge in [-0.15, -0.1) is 0 Å². The van der Waals surface area contributed by atoms with Gasteiger partial charge in [0.05, 0.1) is 0 Å². The van der Waals surface area contributed by atoms with E-state index in [1.807, 2.05) is 20.8 Å². The van der Waals surface area contributed by atoms with E-state index in [2.05, 4.69) is 4.99 Å². The third-order valence-electron chi connectivity index (χ3n) is 1.53. The second-order valence-corrected chi connectivity index (χ2v) is 3.57. The lowest BCUT2D eigenvalue weighted by Gasteiger charge is -2.30. The first-order chi connectivity index (χ1) is 4.93. The van der Waals surface area contributed by atoms with Crippen LogP contribution < -0.4 is 5.73 Å². The Hall–Kier alpha value is -1.06. The molecule has 0 radical (unpaired) electrons. The largest absolute Gasteiger partial charge is 0.369 e. The van der Waals surface area contributed by atoms with Crippen molar-refractivity contribution in [1.29, 1.82) is 0 Å². The number of guanidine groups is 1. The van der Waals surface area contributed by atoms with E-state index in [1.165, 1.54) is 4.90 Å². The van der Waals surface area contributed by atoms with Crippen LogP contribution in [0.15, 0.2) is 4.99 Å². The van der Waals surface area contributed by atoms with Gasteiger partial charge in [-0.2, -0.15) is 0 Å². The molecular weight excluding hydrogens is 142 g/mol. The molecule has 1 heterocycles. The number of nitrogens with zero attached hydrogens (tertiary/aromatic N) is 2. The topological polar surface area (TPSA) is 58.7 Å². The van der Waals surface area contributed by atoms with E-state index in [0.29, 0.717) is 5.96 Å². The Bertz CT molecular complexity index is 214. The average Bonchev–Trinajstić information content (AvgIpc) is 2.08. The average molecular weight is 155 g/mol. The molecule has 1 amide bonds. The molecule has 1 aliphatic rings. The quantitative estimate of drug-likeness (QED) is 0.533. The van der Waals surface area contributed by atoms with Gasteiger partial charge in [0.1, 0.15) is 6.54 Å². The minimum Gasteiger partial charge on any atom is -0.369 e. The monoisotopic (exact) mass is 155 g/mol. The van der Waals surface area contributed by atoms with Gasteiger partial charge in [-0.05, 0) is 20.8 Å². The van der Waals surface area contributed by atoms with Crippen LogP contribution in [0.5, 0.6) is 0 Å². The van der Waals surface area contributed by atoms with Crippen LogP contribution in [-0.2, 0) is 4.79 Å². The summed E-state index contributed by atoms with van der Waals surface area (Å²) < 4.78 is 0. The van der Waals surface area contributed by atoms with Crippen molar-refractivity contribution >= 4 is 11.9 Å². The molecule has 11 heavy (non-hydrogen) atoms. The first-order valence-corrected chi connectivity index (χ1v) is 3.56. The number of rotatable bonds is 0. The van der Waals surface area contributed by atoms with Gasteiger partial charge in [0.25, 0.3) is 5.91 Å². The number of amides is 1. The van der Waals surface area contributed by atoms with Gasteiger partial charge in [0, 0.05) is 5.54 Å². The van der Waals surface area contributed by atoms with Crippen molar-refractivity contribution < 1.29 is 4.79 Å². The van der Waals surface area contributed by atoms with Crippen LogP contribution in [0.25, 0.3) is 0 Å². The van der Waals surface area contributed by atoms with E-state index in [4.69, 9.17) is 5.73 Å². The van der Waals surface area contributed by atoms with E-state index in [1.54, 1.807) is 0 Å². The van der Waals surface area contributed by atoms with E-state index in [9.17, 15) is 4.79 Å². The van der Waals surface area contributed by atoms with Crippen LogP contribution in [0.1, 0.15) is 20.8 Å². The lowest BCUT2D eigenvalue weighted by Crippen LogP contribution is -2.49. The van der Waals surface area contributed by atoms with Crippen molar-refractivity contribution in [3.05, 3.63) is 0 Å². The smallest absolute Gasteiger partial charge is 0.251 e. The molecule has 0 saturated carbocycles. The third kappa shape index (κ3) is 1.34. The maximum atomic E-state index is 11.2. The van der Waals surface area contributed by atoms with Crippen LogP contribution in [0.4, 0.5) is 0 Å². The van der Waals surface area contributed by atoms with E-state index >= 15 is 0 Å². The maximum absolute atomic E-state index is 11.2. The van der Waals surface area contributed by atoms with Crippen LogP contribution in [0.3, 0.4) is 0 Å². The van der Waals surface area contributed by atoms with Crippen molar-refractivity contribution in [2.24, 2.45) is 10.7 Å². The van der Waals surface area contributed by atoms with Crippen LogP contribution in [0, 0.1) is 0 Å². The highest BCUT2D eigenvalue weighted by Crippen LogP contribution is 2.16. The molecule has 0 atom stereocenters. The standard InChI is InChI=1S/C7H13N3O/c1-7(2,3)10-5(11)4-9-6(10)8/h4H2,1-3H3,(H2,8,9). The van der Waals surface area contributed by atoms with Crippen molar-refractivity contribution in [2.45, 2.75) is 26.3 Å². The number of nitrogens with two attached hydrogens (primary N) is 1. The summed E-state index contributed by atoms with van der Waals surface area (Å²) in [5.41, 5.74) is 5.26. The molecule has 0 aliphatic carbocycles. The lowest BCUT2D eigenvalue weighted by molar-refractivity contribution is -0.127. The number of hydrogen-bond donors (Lipinski definition) is 1. The molecule has 0 unspecified atom stereocenters. The maximum Gasteiger partial charge on any atom is 0.251 e. The Kier molecular flexibility index (Phi) is 1.62. The summed E-state index contributed by atoms with van der Waals surface area (Å²) in [6.07, 6.45) is 0. The van der Waals surface area contributed by atoms with Crippen LogP contribution in [-0.4, -0.2) is 28.9 Å². The molecule has 4 heteroatoms. The summed E-state index contributed by atoms with van der Waals surface area (Å²) in [5, 5.41) is 0. The number of carbonyl (C=O) groups is 1. The highest BCUT2D eigenvalue weighted by Gasteiger charge is 2.32. The van der Waals surface area contributed by atoms with Crippen molar-refractivity contribution in [3.8, 4) is 0 Å². The molecule has 0 fully saturated rings. The molecule has 0 saturated heterocycles. The molecule has 0 bridgehead atoms.